The molecule has 98 valence electrons. The Morgan fingerprint density at radius 2 is 2.05 bits per heavy atom. The van der Waals surface area contributed by atoms with Crippen LogP contribution in [0.4, 0.5) is 11.5 Å². The van der Waals surface area contributed by atoms with Gasteiger partial charge >= 0.3 is 0 Å². The first-order chi connectivity index (χ1) is 9.36. The molecule has 1 aromatic carbocycles. The highest BCUT2D eigenvalue weighted by Crippen LogP contribution is 2.22. The Bertz CT molecular complexity index is 563. The number of aryl methyl sites for hydroxylation is 1. The number of fused-ring (bicyclic) bond motifs is 1. The second kappa shape index (κ2) is 5.36. The average Bonchev–Trinajstić information content (AvgIpc) is 2.48. The Hall–Kier alpha value is -1.94. The highest BCUT2D eigenvalue weighted by atomic mass is 15.0. The highest BCUT2D eigenvalue weighted by Gasteiger charge is 2.14. The van der Waals surface area contributed by atoms with Gasteiger partial charge in [-0.05, 0) is 24.1 Å². The van der Waals surface area contributed by atoms with E-state index in [1.54, 1.807) is 6.33 Å². The Kier molecular flexibility index (Phi) is 3.42. The van der Waals surface area contributed by atoms with Crippen molar-refractivity contribution in [3.05, 3.63) is 47.4 Å². The third-order valence-corrected chi connectivity index (χ3v) is 3.50. The zero-order valence-electron chi connectivity index (χ0n) is 11.1. The lowest BCUT2D eigenvalue weighted by atomic mass is 10.1. The SMILES string of the molecule is CCc1ccc(Nc2ncnc3c2CNCC3)cc1. The van der Waals surface area contributed by atoms with Crippen molar-refractivity contribution in [2.24, 2.45) is 0 Å². The molecule has 19 heavy (non-hydrogen) atoms. The van der Waals surface area contributed by atoms with E-state index in [0.717, 1.165) is 43.1 Å². The summed E-state index contributed by atoms with van der Waals surface area (Å²) in [6.45, 7) is 4.00. The zero-order chi connectivity index (χ0) is 13.1. The number of hydrogen-bond donors (Lipinski definition) is 2. The van der Waals surface area contributed by atoms with Gasteiger partial charge in [-0.15, -0.1) is 0 Å². The molecule has 0 atom stereocenters. The maximum atomic E-state index is 4.37. The summed E-state index contributed by atoms with van der Waals surface area (Å²) in [4.78, 5) is 8.73. The average molecular weight is 254 g/mol. The second-order valence-electron chi connectivity index (χ2n) is 4.75. The van der Waals surface area contributed by atoms with Gasteiger partial charge < -0.3 is 10.6 Å². The Morgan fingerprint density at radius 1 is 1.21 bits per heavy atom. The molecule has 2 N–H and O–H groups in total. The van der Waals surface area contributed by atoms with Crippen LogP contribution in [0.25, 0.3) is 0 Å². The third kappa shape index (κ3) is 2.58. The van der Waals surface area contributed by atoms with Crippen molar-refractivity contribution >= 4 is 11.5 Å². The van der Waals surface area contributed by atoms with E-state index in [1.807, 2.05) is 0 Å². The minimum atomic E-state index is 0.839. The summed E-state index contributed by atoms with van der Waals surface area (Å²) in [7, 11) is 0. The van der Waals surface area contributed by atoms with E-state index in [0.29, 0.717) is 0 Å². The van der Waals surface area contributed by atoms with Gasteiger partial charge in [0.05, 0.1) is 5.69 Å². The van der Waals surface area contributed by atoms with Crippen LogP contribution in [-0.4, -0.2) is 16.5 Å². The third-order valence-electron chi connectivity index (χ3n) is 3.50. The molecular weight excluding hydrogens is 236 g/mol. The van der Waals surface area contributed by atoms with Crippen molar-refractivity contribution in [2.75, 3.05) is 11.9 Å². The molecule has 0 unspecified atom stereocenters. The van der Waals surface area contributed by atoms with Gasteiger partial charge in [-0.1, -0.05) is 19.1 Å². The van der Waals surface area contributed by atoms with Gasteiger partial charge in [-0.3, -0.25) is 0 Å². The smallest absolute Gasteiger partial charge is 0.138 e. The summed E-state index contributed by atoms with van der Waals surface area (Å²) in [6, 6.07) is 8.50. The molecule has 0 saturated carbocycles. The van der Waals surface area contributed by atoms with Crippen LogP contribution in [0.15, 0.2) is 30.6 Å². The summed E-state index contributed by atoms with van der Waals surface area (Å²) >= 11 is 0. The molecule has 1 aromatic heterocycles. The van der Waals surface area contributed by atoms with E-state index in [1.165, 1.54) is 11.1 Å². The minimum absolute atomic E-state index is 0.839. The van der Waals surface area contributed by atoms with E-state index >= 15 is 0 Å². The number of rotatable bonds is 3. The fourth-order valence-corrected chi connectivity index (χ4v) is 2.34. The van der Waals surface area contributed by atoms with Gasteiger partial charge in [0.25, 0.3) is 0 Å². The maximum Gasteiger partial charge on any atom is 0.138 e. The number of nitrogens with zero attached hydrogens (tertiary/aromatic N) is 2. The number of benzene rings is 1. The number of anilines is 2. The van der Waals surface area contributed by atoms with Crippen molar-refractivity contribution in [1.29, 1.82) is 0 Å². The Morgan fingerprint density at radius 3 is 2.84 bits per heavy atom. The van der Waals surface area contributed by atoms with Gasteiger partial charge in [0.1, 0.15) is 12.1 Å². The van der Waals surface area contributed by atoms with E-state index in [2.05, 4.69) is 51.8 Å². The number of aromatic nitrogens is 2. The van der Waals surface area contributed by atoms with E-state index in [9.17, 15) is 0 Å². The lowest BCUT2D eigenvalue weighted by Gasteiger charge is -2.19. The molecule has 3 rings (SSSR count). The standard InChI is InChI=1S/C15H18N4/c1-2-11-3-5-12(6-4-11)19-15-13-9-16-8-7-14(13)17-10-18-15/h3-6,10,16H,2,7-9H2,1H3,(H,17,18,19). The van der Waals surface area contributed by atoms with E-state index in [4.69, 9.17) is 0 Å². The largest absolute Gasteiger partial charge is 0.340 e. The van der Waals surface area contributed by atoms with Crippen LogP contribution in [0.2, 0.25) is 0 Å². The molecule has 4 nitrogen and oxygen atoms in total. The topological polar surface area (TPSA) is 49.8 Å². The van der Waals surface area contributed by atoms with Crippen molar-refractivity contribution in [3.63, 3.8) is 0 Å². The fourth-order valence-electron chi connectivity index (χ4n) is 2.34. The van der Waals surface area contributed by atoms with Crippen molar-refractivity contribution in [3.8, 4) is 0 Å². The lowest BCUT2D eigenvalue weighted by molar-refractivity contribution is 0.628. The first-order valence-corrected chi connectivity index (χ1v) is 6.76. The second-order valence-corrected chi connectivity index (χ2v) is 4.75. The van der Waals surface area contributed by atoms with Crippen LogP contribution in [0.5, 0.6) is 0 Å². The summed E-state index contributed by atoms with van der Waals surface area (Å²) in [5.74, 6) is 0.918. The van der Waals surface area contributed by atoms with Crippen molar-refractivity contribution < 1.29 is 0 Å². The van der Waals surface area contributed by atoms with Crippen LogP contribution in [0, 0.1) is 0 Å². The maximum absolute atomic E-state index is 4.37. The van der Waals surface area contributed by atoms with Crippen LogP contribution in [0.1, 0.15) is 23.7 Å². The number of hydrogen-bond acceptors (Lipinski definition) is 4. The van der Waals surface area contributed by atoms with Gasteiger partial charge in [0.15, 0.2) is 0 Å². The molecular formula is C15H18N4. The normalized spacial score (nSPS) is 13.9. The molecule has 0 radical (unpaired) electrons. The minimum Gasteiger partial charge on any atom is -0.340 e. The fraction of sp³-hybridized carbons (Fsp3) is 0.333. The molecule has 0 aliphatic carbocycles. The van der Waals surface area contributed by atoms with Gasteiger partial charge in [0.2, 0.25) is 0 Å². The van der Waals surface area contributed by atoms with Crippen molar-refractivity contribution in [2.45, 2.75) is 26.3 Å². The van der Waals surface area contributed by atoms with Crippen LogP contribution >= 0.6 is 0 Å². The first kappa shape index (κ1) is 12.1. The summed E-state index contributed by atoms with van der Waals surface area (Å²) in [6.07, 6.45) is 3.68. The first-order valence-electron chi connectivity index (χ1n) is 6.76. The molecule has 0 saturated heterocycles. The molecule has 2 heterocycles. The predicted molar refractivity (Wildman–Crippen MR) is 76.5 cm³/mol. The highest BCUT2D eigenvalue weighted by molar-refractivity contribution is 5.60. The molecule has 0 bridgehead atoms. The zero-order valence-corrected chi connectivity index (χ0v) is 11.1. The summed E-state index contributed by atoms with van der Waals surface area (Å²) in [5.41, 5.74) is 4.76. The lowest BCUT2D eigenvalue weighted by Crippen LogP contribution is -2.25. The monoisotopic (exact) mass is 254 g/mol. The molecule has 4 heteroatoms. The molecule has 0 fully saturated rings. The van der Waals surface area contributed by atoms with Crippen LogP contribution in [0.3, 0.4) is 0 Å². The summed E-state index contributed by atoms with van der Waals surface area (Å²) in [5, 5.41) is 6.76. The van der Waals surface area contributed by atoms with E-state index in [-0.39, 0.29) is 0 Å². The summed E-state index contributed by atoms with van der Waals surface area (Å²) < 4.78 is 0. The molecule has 0 amide bonds. The van der Waals surface area contributed by atoms with Gasteiger partial charge in [-0.25, -0.2) is 9.97 Å². The number of nitrogens with one attached hydrogen (secondary N) is 2. The Balaban J connectivity index is 1.86. The van der Waals surface area contributed by atoms with Crippen LogP contribution < -0.4 is 10.6 Å². The molecule has 0 spiro atoms. The molecule has 1 aliphatic heterocycles. The van der Waals surface area contributed by atoms with Crippen molar-refractivity contribution in [1.82, 2.24) is 15.3 Å². The molecule has 2 aromatic rings. The molecule has 1 aliphatic rings. The van der Waals surface area contributed by atoms with Crippen LogP contribution in [-0.2, 0) is 19.4 Å². The Labute approximate surface area is 113 Å². The van der Waals surface area contributed by atoms with Gasteiger partial charge in [-0.2, -0.15) is 0 Å². The quantitative estimate of drug-likeness (QED) is 0.883. The van der Waals surface area contributed by atoms with Gasteiger partial charge in [0, 0.05) is 30.8 Å². The predicted octanol–water partition coefficient (Wildman–Crippen LogP) is 2.43. The van der Waals surface area contributed by atoms with E-state index < -0.39 is 0 Å².